The van der Waals surface area contributed by atoms with Crippen LogP contribution >= 0.6 is 24.0 Å². The van der Waals surface area contributed by atoms with E-state index in [0.29, 0.717) is 32.0 Å². The first kappa shape index (κ1) is 23.6. The van der Waals surface area contributed by atoms with Crippen molar-refractivity contribution in [3.63, 3.8) is 0 Å². The molecular weight excluding hydrogens is 520 g/mol. The third kappa shape index (κ3) is 5.82. The third-order valence-corrected chi connectivity index (χ3v) is 5.57. The van der Waals surface area contributed by atoms with Gasteiger partial charge in [-0.15, -0.1) is 24.0 Å². The summed E-state index contributed by atoms with van der Waals surface area (Å²) < 4.78 is 46.2. The fraction of sp³-hybridized carbons (Fsp3) is 0.409. The molecule has 4 rings (SSSR count). The molecule has 31 heavy (non-hydrogen) atoms. The van der Waals surface area contributed by atoms with Crippen LogP contribution in [0.2, 0.25) is 0 Å². The van der Waals surface area contributed by atoms with Gasteiger partial charge in [0, 0.05) is 24.5 Å². The fourth-order valence-electron chi connectivity index (χ4n) is 3.99. The lowest BCUT2D eigenvalue weighted by atomic mass is 10.1. The van der Waals surface area contributed by atoms with Gasteiger partial charge in [-0.05, 0) is 60.2 Å². The number of benzene rings is 2. The molecule has 0 spiro atoms. The van der Waals surface area contributed by atoms with Crippen molar-refractivity contribution in [3.8, 4) is 0 Å². The highest BCUT2D eigenvalue weighted by atomic mass is 127. The quantitative estimate of drug-likeness (QED) is 0.335. The van der Waals surface area contributed by atoms with Crippen molar-refractivity contribution in [2.45, 2.75) is 32.0 Å². The number of nitrogens with two attached hydrogens (primary N) is 1. The van der Waals surface area contributed by atoms with Gasteiger partial charge < -0.3 is 20.7 Å². The van der Waals surface area contributed by atoms with Crippen LogP contribution in [0.25, 0.3) is 0 Å². The van der Waals surface area contributed by atoms with Crippen LogP contribution in [-0.4, -0.2) is 32.3 Å². The lowest BCUT2D eigenvalue weighted by molar-refractivity contribution is -0.138. The lowest BCUT2D eigenvalue weighted by Crippen LogP contribution is -2.36. The Morgan fingerprint density at radius 2 is 1.81 bits per heavy atom. The van der Waals surface area contributed by atoms with Crippen molar-refractivity contribution in [3.05, 3.63) is 58.7 Å². The van der Waals surface area contributed by atoms with E-state index in [1.54, 1.807) is 6.07 Å². The predicted molar refractivity (Wildman–Crippen MR) is 127 cm³/mol. The molecule has 1 heterocycles. The number of hydrogen-bond donors (Lipinski definition) is 2. The zero-order chi connectivity index (χ0) is 21.1. The molecule has 168 valence electrons. The molecule has 2 aliphatic rings. The molecule has 0 saturated carbocycles. The monoisotopic (exact) mass is 546 g/mol. The number of fused-ring (bicyclic) bond motifs is 1. The number of nitrogens with one attached hydrogen (secondary N) is 1. The molecule has 3 N–H and O–H groups in total. The van der Waals surface area contributed by atoms with Crippen LogP contribution < -0.4 is 16.0 Å². The van der Waals surface area contributed by atoms with Crippen LogP contribution in [0.1, 0.15) is 28.7 Å². The summed E-state index contributed by atoms with van der Waals surface area (Å²) in [5.74, 6) is 0.0957. The summed E-state index contributed by atoms with van der Waals surface area (Å²) in [4.78, 5) is 6.05. The maximum atomic E-state index is 13.7. The van der Waals surface area contributed by atoms with Gasteiger partial charge in [-0.3, -0.25) is 0 Å². The van der Waals surface area contributed by atoms with Crippen molar-refractivity contribution >= 4 is 41.3 Å². The Kier molecular flexibility index (Phi) is 7.68. The molecule has 1 aliphatic heterocycles. The summed E-state index contributed by atoms with van der Waals surface area (Å²) in [7, 11) is 0. The molecule has 9 heteroatoms. The molecular formula is C22H26F3IN4O. The van der Waals surface area contributed by atoms with Crippen molar-refractivity contribution in [2.75, 3.05) is 36.5 Å². The van der Waals surface area contributed by atoms with Gasteiger partial charge in [-0.2, -0.15) is 13.2 Å². The number of halogens is 4. The van der Waals surface area contributed by atoms with Gasteiger partial charge in [0.2, 0.25) is 0 Å². The predicted octanol–water partition coefficient (Wildman–Crippen LogP) is 4.58. The first-order chi connectivity index (χ1) is 14.4. The molecule has 1 aliphatic carbocycles. The number of aryl methyl sites for hydroxylation is 2. The number of aliphatic imine (C=N–C) groups is 1. The highest BCUT2D eigenvalue weighted by Gasteiger charge is 2.34. The minimum absolute atomic E-state index is 0. The normalized spacial score (nSPS) is 16.6. The molecule has 0 bridgehead atoms. The average molecular weight is 546 g/mol. The molecule has 0 unspecified atom stereocenters. The molecule has 1 fully saturated rings. The summed E-state index contributed by atoms with van der Waals surface area (Å²) in [5, 5.41) is 2.99. The van der Waals surface area contributed by atoms with Crippen molar-refractivity contribution < 1.29 is 17.9 Å². The van der Waals surface area contributed by atoms with E-state index in [1.807, 2.05) is 17.0 Å². The summed E-state index contributed by atoms with van der Waals surface area (Å²) in [6, 6.07) is 10.4. The van der Waals surface area contributed by atoms with Crippen LogP contribution in [0.5, 0.6) is 0 Å². The summed E-state index contributed by atoms with van der Waals surface area (Å²) in [6.07, 6.45) is -1.20. The molecule has 0 amide bonds. The van der Waals surface area contributed by atoms with Gasteiger partial charge in [-0.1, -0.05) is 12.1 Å². The minimum atomic E-state index is -4.46. The van der Waals surface area contributed by atoms with Crippen LogP contribution in [0.15, 0.2) is 41.4 Å². The maximum Gasteiger partial charge on any atom is 0.416 e. The average Bonchev–Trinajstić information content (AvgIpc) is 3.20. The van der Waals surface area contributed by atoms with Crippen molar-refractivity contribution in [2.24, 2.45) is 10.7 Å². The molecule has 0 radical (unpaired) electrons. The highest BCUT2D eigenvalue weighted by Crippen LogP contribution is 2.35. The molecule has 0 aromatic heterocycles. The standard InChI is InChI=1S/C22H25F3N4O.HI/c23-22(24,25)20-13-19(29-8-10-30-11-9-29)7-5-17(20)14-27-21(26)28-18-6-4-15-2-1-3-16(15)12-18;/h4-7,12-13H,1-3,8-11,14H2,(H3,26,27,28);1H. The Bertz CT molecular complexity index is 943. The van der Waals surface area contributed by atoms with E-state index in [0.717, 1.165) is 24.9 Å². The van der Waals surface area contributed by atoms with E-state index in [2.05, 4.69) is 16.4 Å². The van der Waals surface area contributed by atoms with E-state index in [-0.39, 0.29) is 42.0 Å². The molecule has 2 aromatic carbocycles. The topological polar surface area (TPSA) is 62.9 Å². The van der Waals surface area contributed by atoms with Gasteiger partial charge in [0.1, 0.15) is 0 Å². The Labute approximate surface area is 196 Å². The Morgan fingerprint density at radius 1 is 1.06 bits per heavy atom. The highest BCUT2D eigenvalue weighted by molar-refractivity contribution is 14.0. The zero-order valence-corrected chi connectivity index (χ0v) is 19.4. The van der Waals surface area contributed by atoms with Gasteiger partial charge in [0.05, 0.1) is 25.3 Å². The Hall–Kier alpha value is -2.01. The second-order valence-corrected chi connectivity index (χ2v) is 7.60. The van der Waals surface area contributed by atoms with E-state index in [4.69, 9.17) is 10.5 Å². The Balaban J connectivity index is 0.00000272. The van der Waals surface area contributed by atoms with E-state index >= 15 is 0 Å². The van der Waals surface area contributed by atoms with Gasteiger partial charge >= 0.3 is 6.18 Å². The number of morpholine rings is 1. The summed E-state index contributed by atoms with van der Waals surface area (Å²) in [5.41, 5.74) is 9.32. The number of hydrogen-bond acceptors (Lipinski definition) is 3. The van der Waals surface area contributed by atoms with E-state index < -0.39 is 11.7 Å². The Morgan fingerprint density at radius 3 is 2.55 bits per heavy atom. The fourth-order valence-corrected chi connectivity index (χ4v) is 3.99. The van der Waals surface area contributed by atoms with Crippen LogP contribution in [-0.2, 0) is 30.3 Å². The lowest BCUT2D eigenvalue weighted by Gasteiger charge is -2.29. The van der Waals surface area contributed by atoms with Gasteiger partial charge in [-0.25, -0.2) is 4.99 Å². The van der Waals surface area contributed by atoms with Crippen LogP contribution in [0.3, 0.4) is 0 Å². The SMILES string of the molecule is I.NC(=NCc1ccc(N2CCOCC2)cc1C(F)(F)F)Nc1ccc2c(c1)CCC2. The summed E-state index contributed by atoms with van der Waals surface area (Å²) >= 11 is 0. The third-order valence-electron chi connectivity index (χ3n) is 5.57. The van der Waals surface area contributed by atoms with Gasteiger partial charge in [0.25, 0.3) is 0 Å². The number of alkyl halides is 3. The number of rotatable bonds is 4. The number of nitrogens with zero attached hydrogens (tertiary/aromatic N) is 2. The summed E-state index contributed by atoms with van der Waals surface area (Å²) in [6.45, 7) is 2.03. The first-order valence-corrected chi connectivity index (χ1v) is 10.1. The number of ether oxygens (including phenoxy) is 1. The smallest absolute Gasteiger partial charge is 0.378 e. The molecule has 0 atom stereocenters. The first-order valence-electron chi connectivity index (χ1n) is 10.1. The van der Waals surface area contributed by atoms with Crippen molar-refractivity contribution in [1.82, 2.24) is 0 Å². The molecule has 2 aromatic rings. The van der Waals surface area contributed by atoms with E-state index in [1.165, 1.54) is 23.3 Å². The number of guanidine groups is 1. The van der Waals surface area contributed by atoms with Crippen LogP contribution in [0, 0.1) is 0 Å². The minimum Gasteiger partial charge on any atom is -0.378 e. The van der Waals surface area contributed by atoms with Gasteiger partial charge in [0.15, 0.2) is 5.96 Å². The molecule has 1 saturated heterocycles. The maximum absolute atomic E-state index is 13.7. The molecule has 5 nitrogen and oxygen atoms in total. The number of anilines is 2. The zero-order valence-electron chi connectivity index (χ0n) is 17.0. The second-order valence-electron chi connectivity index (χ2n) is 7.60. The van der Waals surface area contributed by atoms with Crippen LogP contribution in [0.4, 0.5) is 24.5 Å². The second kappa shape index (κ2) is 10.1. The largest absolute Gasteiger partial charge is 0.416 e. The van der Waals surface area contributed by atoms with Crippen molar-refractivity contribution in [1.29, 1.82) is 0 Å². The van der Waals surface area contributed by atoms with E-state index in [9.17, 15) is 13.2 Å².